The second-order valence-corrected chi connectivity index (χ2v) is 4.65. The smallest absolute Gasteiger partial charge is 0.196 e. The summed E-state index contributed by atoms with van der Waals surface area (Å²) in [5.74, 6) is -3.90. The lowest BCUT2D eigenvalue weighted by atomic mass is 10.2. The van der Waals surface area contributed by atoms with Crippen LogP contribution in [-0.4, -0.2) is 9.38 Å². The number of rotatable bonds is 3. The minimum Gasteiger partial charge on any atom is -0.377 e. The van der Waals surface area contributed by atoms with E-state index in [0.29, 0.717) is 0 Å². The molecule has 0 radical (unpaired) electrons. The standard InChI is InChI=1S/C15H12F3N3/c1-9-12(21-7-3-2-4-13(21)20-9)8-19-11-6-5-10(16)14(17)15(11)18/h2-7,19H,8H2,1H3. The summed E-state index contributed by atoms with van der Waals surface area (Å²) >= 11 is 0. The predicted octanol–water partition coefficient (Wildman–Crippen LogP) is 3.67. The largest absolute Gasteiger partial charge is 0.377 e. The number of halogens is 3. The Hall–Kier alpha value is -2.50. The molecule has 1 aromatic carbocycles. The van der Waals surface area contributed by atoms with E-state index >= 15 is 0 Å². The second-order valence-electron chi connectivity index (χ2n) is 4.65. The van der Waals surface area contributed by atoms with Crippen molar-refractivity contribution in [3.8, 4) is 0 Å². The fraction of sp³-hybridized carbons (Fsp3) is 0.133. The first-order valence-electron chi connectivity index (χ1n) is 6.38. The molecule has 0 spiro atoms. The summed E-state index contributed by atoms with van der Waals surface area (Å²) in [7, 11) is 0. The minimum absolute atomic E-state index is 0.0841. The maximum absolute atomic E-state index is 13.6. The Balaban J connectivity index is 1.91. The van der Waals surface area contributed by atoms with Crippen LogP contribution >= 0.6 is 0 Å². The lowest BCUT2D eigenvalue weighted by Gasteiger charge is -2.09. The Morgan fingerprint density at radius 2 is 1.90 bits per heavy atom. The highest BCUT2D eigenvalue weighted by Crippen LogP contribution is 2.21. The van der Waals surface area contributed by atoms with Crippen molar-refractivity contribution in [1.82, 2.24) is 9.38 Å². The van der Waals surface area contributed by atoms with Crippen LogP contribution in [0.2, 0.25) is 0 Å². The molecule has 0 unspecified atom stereocenters. The molecule has 3 rings (SSSR count). The van der Waals surface area contributed by atoms with Crippen molar-refractivity contribution in [2.24, 2.45) is 0 Å². The van der Waals surface area contributed by atoms with E-state index in [9.17, 15) is 13.2 Å². The third kappa shape index (κ3) is 2.33. The molecule has 0 bridgehead atoms. The molecule has 3 aromatic rings. The van der Waals surface area contributed by atoms with Crippen LogP contribution in [0, 0.1) is 24.4 Å². The number of hydrogen-bond acceptors (Lipinski definition) is 2. The lowest BCUT2D eigenvalue weighted by Crippen LogP contribution is -2.07. The molecule has 0 aliphatic rings. The fourth-order valence-corrected chi connectivity index (χ4v) is 2.22. The first-order valence-corrected chi connectivity index (χ1v) is 6.38. The second kappa shape index (κ2) is 5.12. The summed E-state index contributed by atoms with van der Waals surface area (Å²) in [4.78, 5) is 4.37. The summed E-state index contributed by atoms with van der Waals surface area (Å²) in [5, 5.41) is 2.77. The summed E-state index contributed by atoms with van der Waals surface area (Å²) in [5.41, 5.74) is 2.31. The molecular weight excluding hydrogens is 279 g/mol. The molecule has 2 aromatic heterocycles. The molecule has 0 aliphatic heterocycles. The molecule has 0 aliphatic carbocycles. The molecule has 0 saturated carbocycles. The average molecular weight is 291 g/mol. The first-order chi connectivity index (χ1) is 10.1. The van der Waals surface area contributed by atoms with E-state index < -0.39 is 17.5 Å². The first kappa shape index (κ1) is 13.5. The zero-order valence-electron chi connectivity index (χ0n) is 11.2. The van der Waals surface area contributed by atoms with Crippen LogP contribution in [0.3, 0.4) is 0 Å². The van der Waals surface area contributed by atoms with Crippen molar-refractivity contribution < 1.29 is 13.2 Å². The Bertz CT molecular complexity index is 811. The number of anilines is 1. The molecule has 108 valence electrons. The van der Waals surface area contributed by atoms with Crippen LogP contribution in [0.1, 0.15) is 11.4 Å². The van der Waals surface area contributed by atoms with E-state index in [1.54, 1.807) is 0 Å². The van der Waals surface area contributed by atoms with Gasteiger partial charge in [0, 0.05) is 6.20 Å². The number of fused-ring (bicyclic) bond motifs is 1. The van der Waals surface area contributed by atoms with Gasteiger partial charge >= 0.3 is 0 Å². The molecule has 0 fully saturated rings. The van der Waals surface area contributed by atoms with Crippen molar-refractivity contribution >= 4 is 11.3 Å². The quantitative estimate of drug-likeness (QED) is 0.746. The van der Waals surface area contributed by atoms with Crippen molar-refractivity contribution in [1.29, 1.82) is 0 Å². The number of benzene rings is 1. The minimum atomic E-state index is -1.48. The summed E-state index contributed by atoms with van der Waals surface area (Å²) < 4.78 is 41.5. The van der Waals surface area contributed by atoms with E-state index in [1.807, 2.05) is 35.7 Å². The number of nitrogens with zero attached hydrogens (tertiary/aromatic N) is 2. The number of aromatic nitrogens is 2. The topological polar surface area (TPSA) is 29.3 Å². The van der Waals surface area contributed by atoms with E-state index in [1.165, 1.54) is 6.07 Å². The van der Waals surface area contributed by atoms with E-state index in [4.69, 9.17) is 0 Å². The maximum atomic E-state index is 13.6. The SMILES string of the molecule is Cc1nc2ccccn2c1CNc1ccc(F)c(F)c1F. The maximum Gasteiger partial charge on any atom is 0.196 e. The molecule has 0 saturated heterocycles. The fourth-order valence-electron chi connectivity index (χ4n) is 2.22. The van der Waals surface area contributed by atoms with Crippen LogP contribution in [-0.2, 0) is 6.54 Å². The highest BCUT2D eigenvalue weighted by Gasteiger charge is 2.14. The van der Waals surface area contributed by atoms with Crippen molar-refractivity contribution in [3.05, 3.63) is 65.4 Å². The van der Waals surface area contributed by atoms with Gasteiger partial charge in [-0.15, -0.1) is 0 Å². The van der Waals surface area contributed by atoms with Gasteiger partial charge in [0.2, 0.25) is 0 Å². The summed E-state index contributed by atoms with van der Waals surface area (Å²) in [6, 6.07) is 7.65. The van der Waals surface area contributed by atoms with E-state index in [-0.39, 0.29) is 12.2 Å². The Kier molecular flexibility index (Phi) is 3.29. The number of pyridine rings is 1. The summed E-state index contributed by atoms with van der Waals surface area (Å²) in [6.07, 6.45) is 1.84. The third-order valence-electron chi connectivity index (χ3n) is 3.31. The van der Waals surface area contributed by atoms with E-state index in [0.717, 1.165) is 23.1 Å². The van der Waals surface area contributed by atoms with Crippen LogP contribution in [0.25, 0.3) is 5.65 Å². The van der Waals surface area contributed by atoms with Gasteiger partial charge in [0.05, 0.1) is 23.6 Å². The Labute approximate surface area is 119 Å². The molecule has 1 N–H and O–H groups in total. The van der Waals surface area contributed by atoms with Gasteiger partial charge in [0.1, 0.15) is 5.65 Å². The highest BCUT2D eigenvalue weighted by molar-refractivity contribution is 5.48. The molecule has 2 heterocycles. The predicted molar refractivity (Wildman–Crippen MR) is 73.6 cm³/mol. The molecular formula is C15H12F3N3. The van der Waals surface area contributed by atoms with Gasteiger partial charge in [-0.05, 0) is 31.2 Å². The molecule has 0 amide bonds. The Morgan fingerprint density at radius 1 is 1.10 bits per heavy atom. The van der Waals surface area contributed by atoms with Gasteiger partial charge in [-0.1, -0.05) is 6.07 Å². The van der Waals surface area contributed by atoms with Crippen molar-refractivity contribution in [2.45, 2.75) is 13.5 Å². The molecule has 0 atom stereocenters. The van der Waals surface area contributed by atoms with Crippen molar-refractivity contribution in [2.75, 3.05) is 5.32 Å². The van der Waals surface area contributed by atoms with Gasteiger partial charge in [-0.3, -0.25) is 0 Å². The number of hydrogen-bond donors (Lipinski definition) is 1. The van der Waals surface area contributed by atoms with E-state index in [2.05, 4.69) is 10.3 Å². The highest BCUT2D eigenvalue weighted by atomic mass is 19.2. The van der Waals surface area contributed by atoms with Crippen LogP contribution in [0.15, 0.2) is 36.5 Å². The van der Waals surface area contributed by atoms with Gasteiger partial charge in [0.25, 0.3) is 0 Å². The zero-order chi connectivity index (χ0) is 15.0. The zero-order valence-corrected chi connectivity index (χ0v) is 11.2. The van der Waals surface area contributed by atoms with Gasteiger partial charge in [0.15, 0.2) is 17.5 Å². The number of aryl methyl sites for hydroxylation is 1. The molecule has 3 nitrogen and oxygen atoms in total. The number of nitrogens with one attached hydrogen (secondary N) is 1. The van der Waals surface area contributed by atoms with Crippen LogP contribution < -0.4 is 5.32 Å². The molecule has 6 heteroatoms. The van der Waals surface area contributed by atoms with Gasteiger partial charge in [-0.25, -0.2) is 18.2 Å². The Morgan fingerprint density at radius 3 is 2.71 bits per heavy atom. The van der Waals surface area contributed by atoms with Gasteiger partial charge < -0.3 is 9.72 Å². The normalized spacial score (nSPS) is 11.0. The monoisotopic (exact) mass is 291 g/mol. The van der Waals surface area contributed by atoms with Crippen molar-refractivity contribution in [3.63, 3.8) is 0 Å². The summed E-state index contributed by atoms with van der Waals surface area (Å²) in [6.45, 7) is 2.09. The van der Waals surface area contributed by atoms with Crippen LogP contribution in [0.5, 0.6) is 0 Å². The molecule has 21 heavy (non-hydrogen) atoms. The van der Waals surface area contributed by atoms with Crippen LogP contribution in [0.4, 0.5) is 18.9 Å². The average Bonchev–Trinajstić information content (AvgIpc) is 2.80. The lowest BCUT2D eigenvalue weighted by molar-refractivity contribution is 0.449. The third-order valence-corrected chi connectivity index (χ3v) is 3.31. The van der Waals surface area contributed by atoms with Gasteiger partial charge in [-0.2, -0.15) is 0 Å². The number of imidazole rings is 1.